The van der Waals surface area contributed by atoms with Crippen molar-refractivity contribution in [2.45, 2.75) is 18.9 Å². The first-order valence-electron chi connectivity index (χ1n) is 6.12. The van der Waals surface area contributed by atoms with E-state index in [4.69, 9.17) is 10.5 Å². The van der Waals surface area contributed by atoms with Gasteiger partial charge in [0.2, 0.25) is 0 Å². The summed E-state index contributed by atoms with van der Waals surface area (Å²) in [5.41, 5.74) is 5.82. The Labute approximate surface area is 111 Å². The lowest BCUT2D eigenvalue weighted by Gasteiger charge is -2.26. The minimum absolute atomic E-state index is 0.338. The maximum absolute atomic E-state index is 5.83. The summed E-state index contributed by atoms with van der Waals surface area (Å²) < 4.78 is 6.83. The number of nitrogens with two attached hydrogens (primary N) is 1. The summed E-state index contributed by atoms with van der Waals surface area (Å²) in [7, 11) is 0. The molecule has 2 N–H and O–H groups in total. The number of para-hydroxylation sites is 1. The van der Waals surface area contributed by atoms with Crippen LogP contribution < -0.4 is 10.5 Å². The molecule has 1 aliphatic heterocycles. The second kappa shape index (κ2) is 6.38. The van der Waals surface area contributed by atoms with Crippen molar-refractivity contribution in [3.63, 3.8) is 0 Å². The van der Waals surface area contributed by atoms with Crippen LogP contribution >= 0.6 is 15.9 Å². The zero-order valence-corrected chi connectivity index (χ0v) is 11.5. The molecule has 4 heteroatoms. The minimum atomic E-state index is 0.338. The van der Waals surface area contributed by atoms with Crippen LogP contribution in [-0.2, 0) is 0 Å². The van der Waals surface area contributed by atoms with E-state index >= 15 is 0 Å². The molecule has 0 spiro atoms. The highest BCUT2D eigenvalue weighted by atomic mass is 79.9. The Balaban J connectivity index is 1.89. The van der Waals surface area contributed by atoms with Crippen molar-refractivity contribution in [3.8, 4) is 5.75 Å². The van der Waals surface area contributed by atoms with E-state index in [1.54, 1.807) is 0 Å². The van der Waals surface area contributed by atoms with E-state index in [0.29, 0.717) is 19.2 Å². The Morgan fingerprint density at radius 2 is 2.00 bits per heavy atom. The number of likely N-dealkylation sites (tertiary alicyclic amines) is 1. The molecule has 1 aliphatic rings. The maximum Gasteiger partial charge on any atom is 0.133 e. The molecule has 1 saturated heterocycles. The molecule has 3 nitrogen and oxygen atoms in total. The zero-order valence-electron chi connectivity index (χ0n) is 9.94. The van der Waals surface area contributed by atoms with Crippen LogP contribution in [0, 0.1) is 0 Å². The van der Waals surface area contributed by atoms with Crippen LogP contribution in [0.3, 0.4) is 0 Å². The van der Waals surface area contributed by atoms with E-state index in [2.05, 4.69) is 20.8 Å². The van der Waals surface area contributed by atoms with E-state index in [1.165, 1.54) is 12.8 Å². The summed E-state index contributed by atoms with van der Waals surface area (Å²) in [4.78, 5) is 2.43. The number of hydrogen-bond acceptors (Lipinski definition) is 3. The summed E-state index contributed by atoms with van der Waals surface area (Å²) in [6, 6.07) is 8.26. The first-order chi connectivity index (χ1) is 8.31. The fourth-order valence-electron chi connectivity index (χ4n) is 2.18. The molecule has 94 valence electrons. The van der Waals surface area contributed by atoms with Gasteiger partial charge in [0.05, 0.1) is 10.5 Å². The highest BCUT2D eigenvalue weighted by molar-refractivity contribution is 9.10. The van der Waals surface area contributed by atoms with Gasteiger partial charge in [-0.15, -0.1) is 0 Å². The Morgan fingerprint density at radius 3 is 2.65 bits per heavy atom. The molecule has 1 heterocycles. The van der Waals surface area contributed by atoms with Gasteiger partial charge in [0.15, 0.2) is 0 Å². The molecular weight excluding hydrogens is 280 g/mol. The number of hydrogen-bond donors (Lipinski definition) is 1. The molecule has 1 aromatic rings. The van der Waals surface area contributed by atoms with Crippen LogP contribution in [0.5, 0.6) is 5.75 Å². The summed E-state index contributed by atoms with van der Waals surface area (Å²) in [6.07, 6.45) is 2.57. The van der Waals surface area contributed by atoms with Gasteiger partial charge in [-0.25, -0.2) is 0 Å². The van der Waals surface area contributed by atoms with E-state index in [1.807, 2.05) is 24.3 Å². The monoisotopic (exact) mass is 298 g/mol. The van der Waals surface area contributed by atoms with Crippen molar-refractivity contribution >= 4 is 15.9 Å². The third-order valence-corrected chi connectivity index (χ3v) is 3.85. The van der Waals surface area contributed by atoms with Crippen LogP contribution in [0.2, 0.25) is 0 Å². The number of nitrogens with zero attached hydrogens (tertiary/aromatic N) is 1. The van der Waals surface area contributed by atoms with Crippen molar-refractivity contribution in [2.24, 2.45) is 5.73 Å². The predicted molar refractivity (Wildman–Crippen MR) is 73.3 cm³/mol. The number of rotatable bonds is 5. The lowest BCUT2D eigenvalue weighted by molar-refractivity contribution is 0.164. The molecular formula is C13H19BrN2O. The largest absolute Gasteiger partial charge is 0.491 e. The van der Waals surface area contributed by atoms with Gasteiger partial charge in [-0.05, 0) is 54.0 Å². The average molecular weight is 299 g/mol. The van der Waals surface area contributed by atoms with E-state index < -0.39 is 0 Å². The van der Waals surface area contributed by atoms with Gasteiger partial charge in [0.25, 0.3) is 0 Å². The van der Waals surface area contributed by atoms with E-state index in [0.717, 1.165) is 23.3 Å². The summed E-state index contributed by atoms with van der Waals surface area (Å²) in [5.74, 6) is 0.894. The topological polar surface area (TPSA) is 38.5 Å². The van der Waals surface area contributed by atoms with Crippen LogP contribution in [0.4, 0.5) is 0 Å². The molecule has 1 aromatic carbocycles. The van der Waals surface area contributed by atoms with Crippen LogP contribution in [0.25, 0.3) is 0 Å². The van der Waals surface area contributed by atoms with Crippen LogP contribution in [-0.4, -0.2) is 37.2 Å². The van der Waals surface area contributed by atoms with Crippen molar-refractivity contribution in [3.05, 3.63) is 28.7 Å². The minimum Gasteiger partial charge on any atom is -0.491 e. The molecule has 2 rings (SSSR count). The Morgan fingerprint density at radius 1 is 1.29 bits per heavy atom. The van der Waals surface area contributed by atoms with Gasteiger partial charge in [-0.3, -0.25) is 4.90 Å². The van der Waals surface area contributed by atoms with Gasteiger partial charge >= 0.3 is 0 Å². The van der Waals surface area contributed by atoms with Gasteiger partial charge in [-0.1, -0.05) is 12.1 Å². The molecule has 1 fully saturated rings. The van der Waals surface area contributed by atoms with Crippen molar-refractivity contribution < 1.29 is 4.74 Å². The molecule has 0 radical (unpaired) electrons. The lowest BCUT2D eigenvalue weighted by Crippen LogP contribution is -2.42. The van der Waals surface area contributed by atoms with Gasteiger partial charge in [-0.2, -0.15) is 0 Å². The standard InChI is InChI=1S/C13H19BrN2O/c14-12-5-1-2-6-13(12)17-10-11(9-15)16-7-3-4-8-16/h1-2,5-6,11H,3-4,7-10,15H2. The molecule has 0 amide bonds. The smallest absolute Gasteiger partial charge is 0.133 e. The van der Waals surface area contributed by atoms with Crippen molar-refractivity contribution in [2.75, 3.05) is 26.2 Å². The first-order valence-corrected chi connectivity index (χ1v) is 6.92. The fourth-order valence-corrected chi connectivity index (χ4v) is 2.58. The Hall–Kier alpha value is -0.580. The molecule has 0 aliphatic carbocycles. The Bertz CT molecular complexity index is 353. The third-order valence-electron chi connectivity index (χ3n) is 3.20. The molecule has 1 atom stereocenters. The molecule has 0 saturated carbocycles. The van der Waals surface area contributed by atoms with Crippen LogP contribution in [0.15, 0.2) is 28.7 Å². The van der Waals surface area contributed by atoms with Crippen molar-refractivity contribution in [1.82, 2.24) is 4.90 Å². The fraction of sp³-hybridized carbons (Fsp3) is 0.538. The SMILES string of the molecule is NCC(COc1ccccc1Br)N1CCCC1. The molecule has 17 heavy (non-hydrogen) atoms. The Kier molecular flexibility index (Phi) is 4.83. The van der Waals surface area contributed by atoms with Gasteiger partial charge < -0.3 is 10.5 Å². The zero-order chi connectivity index (χ0) is 12.1. The van der Waals surface area contributed by atoms with Gasteiger partial charge in [0.1, 0.15) is 12.4 Å². The van der Waals surface area contributed by atoms with Gasteiger partial charge in [0, 0.05) is 6.54 Å². The number of ether oxygens (including phenoxy) is 1. The quantitative estimate of drug-likeness (QED) is 0.906. The third kappa shape index (κ3) is 3.44. The van der Waals surface area contributed by atoms with Crippen molar-refractivity contribution in [1.29, 1.82) is 0 Å². The van der Waals surface area contributed by atoms with E-state index in [9.17, 15) is 0 Å². The first kappa shape index (κ1) is 12.9. The molecule has 1 unspecified atom stereocenters. The molecule has 0 bridgehead atoms. The predicted octanol–water partition coefficient (Wildman–Crippen LogP) is 2.25. The summed E-state index contributed by atoms with van der Waals surface area (Å²) in [6.45, 7) is 3.63. The average Bonchev–Trinajstić information content (AvgIpc) is 2.86. The summed E-state index contributed by atoms with van der Waals surface area (Å²) >= 11 is 3.48. The second-order valence-corrected chi connectivity index (χ2v) is 5.23. The highest BCUT2D eigenvalue weighted by Crippen LogP contribution is 2.24. The lowest BCUT2D eigenvalue weighted by atomic mass is 10.3. The molecule has 0 aromatic heterocycles. The number of halogens is 1. The highest BCUT2D eigenvalue weighted by Gasteiger charge is 2.21. The van der Waals surface area contributed by atoms with Crippen LogP contribution in [0.1, 0.15) is 12.8 Å². The number of benzene rings is 1. The second-order valence-electron chi connectivity index (χ2n) is 4.37. The normalized spacial score (nSPS) is 18.2. The maximum atomic E-state index is 5.83. The van der Waals surface area contributed by atoms with E-state index in [-0.39, 0.29) is 0 Å². The summed E-state index contributed by atoms with van der Waals surface area (Å²) in [5, 5.41) is 0.